The summed E-state index contributed by atoms with van der Waals surface area (Å²) in [7, 11) is 0. The second-order valence-corrected chi connectivity index (χ2v) is 9.93. The van der Waals surface area contributed by atoms with Gasteiger partial charge in [0.15, 0.2) is 0 Å². The predicted molar refractivity (Wildman–Crippen MR) is 124 cm³/mol. The number of amides is 2. The molecule has 166 valence electrons. The summed E-state index contributed by atoms with van der Waals surface area (Å²) in [6.45, 7) is 9.23. The Kier molecular flexibility index (Phi) is 7.02. The summed E-state index contributed by atoms with van der Waals surface area (Å²) in [5.74, 6) is 0.390. The first-order chi connectivity index (χ1) is 15.0. The zero-order valence-corrected chi connectivity index (χ0v) is 19.4. The van der Waals surface area contributed by atoms with Crippen molar-refractivity contribution in [2.24, 2.45) is 0 Å². The maximum Gasteiger partial charge on any atom is 0.236 e. The number of nitrogens with zero attached hydrogens (tertiary/aromatic N) is 4. The summed E-state index contributed by atoms with van der Waals surface area (Å²) in [5.41, 5.74) is 3.21. The van der Waals surface area contributed by atoms with Crippen molar-refractivity contribution in [3.8, 4) is 11.3 Å². The lowest BCUT2D eigenvalue weighted by Crippen LogP contribution is -2.52. The van der Waals surface area contributed by atoms with E-state index >= 15 is 0 Å². The molecule has 2 aliphatic heterocycles. The van der Waals surface area contributed by atoms with Gasteiger partial charge in [-0.2, -0.15) is 0 Å². The van der Waals surface area contributed by atoms with Gasteiger partial charge in [0, 0.05) is 49.7 Å². The van der Waals surface area contributed by atoms with Crippen molar-refractivity contribution in [2.75, 3.05) is 45.8 Å². The number of thiazole rings is 1. The highest BCUT2D eigenvalue weighted by atomic mass is 32.1. The largest absolute Gasteiger partial charge is 0.342 e. The second kappa shape index (κ2) is 9.92. The summed E-state index contributed by atoms with van der Waals surface area (Å²) in [6, 6.07) is 8.33. The van der Waals surface area contributed by atoms with Crippen LogP contribution in [0.1, 0.15) is 34.7 Å². The number of carbonyl (C=O) groups excluding carboxylic acids is 2. The lowest BCUT2D eigenvalue weighted by molar-refractivity contribution is -0.135. The average molecular weight is 441 g/mol. The monoisotopic (exact) mass is 440 g/mol. The molecule has 4 rings (SSSR count). The van der Waals surface area contributed by atoms with Crippen molar-refractivity contribution in [3.05, 3.63) is 39.7 Å². The van der Waals surface area contributed by atoms with Gasteiger partial charge in [0.25, 0.3) is 0 Å². The van der Waals surface area contributed by atoms with Crippen molar-refractivity contribution >= 4 is 23.2 Å². The van der Waals surface area contributed by atoms with E-state index in [1.165, 1.54) is 12.0 Å². The minimum absolute atomic E-state index is 0.152. The van der Waals surface area contributed by atoms with Gasteiger partial charge in [0.2, 0.25) is 11.8 Å². The number of hydrogen-bond donors (Lipinski definition) is 0. The number of rotatable bonds is 5. The first-order valence-electron chi connectivity index (χ1n) is 11.3. The number of benzene rings is 1. The molecule has 31 heavy (non-hydrogen) atoms. The fraction of sp³-hybridized carbons (Fsp3) is 0.542. The van der Waals surface area contributed by atoms with E-state index in [9.17, 15) is 9.59 Å². The summed E-state index contributed by atoms with van der Waals surface area (Å²) < 4.78 is 0. The molecular weight excluding hydrogens is 408 g/mol. The summed E-state index contributed by atoms with van der Waals surface area (Å²) >= 11 is 1.61. The third kappa shape index (κ3) is 5.52. The third-order valence-electron chi connectivity index (χ3n) is 6.23. The zero-order chi connectivity index (χ0) is 21.8. The van der Waals surface area contributed by atoms with E-state index in [4.69, 9.17) is 4.98 Å². The lowest BCUT2D eigenvalue weighted by atomic mass is 10.1. The van der Waals surface area contributed by atoms with Gasteiger partial charge in [-0.15, -0.1) is 11.3 Å². The van der Waals surface area contributed by atoms with Gasteiger partial charge >= 0.3 is 0 Å². The van der Waals surface area contributed by atoms with Crippen LogP contribution in [-0.2, 0) is 16.0 Å². The van der Waals surface area contributed by atoms with E-state index in [1.807, 2.05) is 16.7 Å². The molecule has 0 bridgehead atoms. The number of piperidine rings is 1. The van der Waals surface area contributed by atoms with Crippen LogP contribution in [0.5, 0.6) is 0 Å². The molecule has 7 heteroatoms. The number of aromatic nitrogens is 1. The number of hydrogen-bond acceptors (Lipinski definition) is 5. The SMILES string of the molecule is Cc1ccc(-c2nc(C)sc2CC(=O)N2CCN(CC(=O)N3CCCCC3)CC2)cc1. The Morgan fingerprint density at radius 3 is 2.19 bits per heavy atom. The molecule has 0 aliphatic carbocycles. The maximum atomic E-state index is 13.0. The molecule has 1 aromatic carbocycles. The normalized spacial score (nSPS) is 17.7. The molecule has 2 aliphatic rings. The summed E-state index contributed by atoms with van der Waals surface area (Å²) in [6.07, 6.45) is 3.86. The molecule has 2 fully saturated rings. The molecule has 0 unspecified atom stereocenters. The van der Waals surface area contributed by atoms with E-state index < -0.39 is 0 Å². The number of carbonyl (C=O) groups is 2. The smallest absolute Gasteiger partial charge is 0.236 e. The Bertz CT molecular complexity index is 910. The standard InChI is InChI=1S/C24H32N4O2S/c1-18-6-8-20(9-7-18)24-21(31-19(2)25-24)16-22(29)28-14-12-26(13-15-28)17-23(30)27-10-4-3-5-11-27/h6-9H,3-5,10-17H2,1-2H3. The minimum Gasteiger partial charge on any atom is -0.342 e. The van der Waals surface area contributed by atoms with Gasteiger partial charge in [0.05, 0.1) is 23.7 Å². The van der Waals surface area contributed by atoms with E-state index in [0.717, 1.165) is 60.2 Å². The molecule has 1 aromatic heterocycles. The van der Waals surface area contributed by atoms with Crippen LogP contribution in [-0.4, -0.2) is 77.3 Å². The molecular formula is C24H32N4O2S. The zero-order valence-electron chi connectivity index (χ0n) is 18.6. The van der Waals surface area contributed by atoms with Crippen molar-refractivity contribution in [2.45, 2.75) is 39.5 Å². The van der Waals surface area contributed by atoms with Gasteiger partial charge in [0.1, 0.15) is 0 Å². The molecule has 6 nitrogen and oxygen atoms in total. The molecule has 0 atom stereocenters. The molecule has 0 N–H and O–H groups in total. The summed E-state index contributed by atoms with van der Waals surface area (Å²) in [4.78, 5) is 37.4. The van der Waals surface area contributed by atoms with Crippen LogP contribution in [0, 0.1) is 13.8 Å². The van der Waals surface area contributed by atoms with Gasteiger partial charge < -0.3 is 9.80 Å². The van der Waals surface area contributed by atoms with Crippen LogP contribution in [0.15, 0.2) is 24.3 Å². The topological polar surface area (TPSA) is 56.8 Å². The Morgan fingerprint density at radius 1 is 0.871 bits per heavy atom. The van der Waals surface area contributed by atoms with Gasteiger partial charge in [-0.1, -0.05) is 29.8 Å². The fourth-order valence-corrected chi connectivity index (χ4v) is 5.31. The minimum atomic E-state index is 0.152. The van der Waals surface area contributed by atoms with Crippen LogP contribution in [0.25, 0.3) is 11.3 Å². The van der Waals surface area contributed by atoms with Gasteiger partial charge in [-0.3, -0.25) is 14.5 Å². The molecule has 2 saturated heterocycles. The third-order valence-corrected chi connectivity index (χ3v) is 7.20. The highest BCUT2D eigenvalue weighted by molar-refractivity contribution is 7.12. The Balaban J connectivity index is 1.31. The highest BCUT2D eigenvalue weighted by Crippen LogP contribution is 2.29. The fourth-order valence-electron chi connectivity index (χ4n) is 4.37. The van der Waals surface area contributed by atoms with Crippen molar-refractivity contribution in [1.82, 2.24) is 19.7 Å². The molecule has 2 amide bonds. The number of piperazine rings is 1. The maximum absolute atomic E-state index is 13.0. The van der Waals surface area contributed by atoms with Crippen LogP contribution in [0.3, 0.4) is 0 Å². The lowest BCUT2D eigenvalue weighted by Gasteiger charge is -2.36. The van der Waals surface area contributed by atoms with Crippen molar-refractivity contribution in [1.29, 1.82) is 0 Å². The van der Waals surface area contributed by atoms with Crippen LogP contribution in [0.4, 0.5) is 0 Å². The molecule has 3 heterocycles. The summed E-state index contributed by atoms with van der Waals surface area (Å²) in [5, 5.41) is 0.986. The van der Waals surface area contributed by atoms with E-state index in [1.54, 1.807) is 11.3 Å². The van der Waals surface area contributed by atoms with Crippen LogP contribution < -0.4 is 0 Å². The van der Waals surface area contributed by atoms with E-state index in [-0.39, 0.29) is 11.8 Å². The number of aryl methyl sites for hydroxylation is 2. The quantitative estimate of drug-likeness (QED) is 0.717. The number of likely N-dealkylation sites (tertiary alicyclic amines) is 1. The first-order valence-corrected chi connectivity index (χ1v) is 12.1. The second-order valence-electron chi connectivity index (χ2n) is 8.65. The average Bonchev–Trinajstić information content (AvgIpc) is 3.15. The van der Waals surface area contributed by atoms with Gasteiger partial charge in [-0.25, -0.2) is 4.98 Å². The Labute approximate surface area is 188 Å². The van der Waals surface area contributed by atoms with Crippen molar-refractivity contribution < 1.29 is 9.59 Å². The van der Waals surface area contributed by atoms with E-state index in [0.29, 0.717) is 26.1 Å². The Morgan fingerprint density at radius 2 is 1.52 bits per heavy atom. The highest BCUT2D eigenvalue weighted by Gasteiger charge is 2.26. The van der Waals surface area contributed by atoms with E-state index in [2.05, 4.69) is 36.1 Å². The first kappa shape index (κ1) is 22.0. The van der Waals surface area contributed by atoms with Crippen LogP contribution >= 0.6 is 11.3 Å². The van der Waals surface area contributed by atoms with Gasteiger partial charge in [-0.05, 0) is 33.1 Å². The predicted octanol–water partition coefficient (Wildman–Crippen LogP) is 3.13. The molecule has 0 saturated carbocycles. The van der Waals surface area contributed by atoms with Crippen molar-refractivity contribution in [3.63, 3.8) is 0 Å². The molecule has 2 aromatic rings. The molecule has 0 spiro atoms. The molecule has 0 radical (unpaired) electrons. The van der Waals surface area contributed by atoms with Crippen LogP contribution in [0.2, 0.25) is 0 Å². The Hall–Kier alpha value is -2.25.